The molecule has 3 aromatic carbocycles. The molecule has 38 heavy (non-hydrogen) atoms. The van der Waals surface area contributed by atoms with Gasteiger partial charge in [0, 0.05) is 23.7 Å². The van der Waals surface area contributed by atoms with E-state index in [0.717, 1.165) is 34.6 Å². The van der Waals surface area contributed by atoms with E-state index in [2.05, 4.69) is 6.58 Å². The SMILES string of the molecule is C=C[C@H](CCCOCc1ccc(OC)cc1)[C@H](N=C(c1ccccc1)c1ccccc1)C(=O)OC(C)(C)C. The average molecular weight is 514 g/mol. The number of methoxy groups -OCH3 is 1. The van der Waals surface area contributed by atoms with E-state index in [1.54, 1.807) is 7.11 Å². The first kappa shape index (κ1) is 28.9. The molecule has 200 valence electrons. The molecule has 0 unspecified atom stereocenters. The molecule has 0 N–H and O–H groups in total. The summed E-state index contributed by atoms with van der Waals surface area (Å²) in [5, 5.41) is 0. The lowest BCUT2D eigenvalue weighted by Gasteiger charge is -2.26. The van der Waals surface area contributed by atoms with Crippen molar-refractivity contribution in [1.82, 2.24) is 0 Å². The Kier molecular flexibility index (Phi) is 10.9. The molecular weight excluding hydrogens is 474 g/mol. The van der Waals surface area contributed by atoms with Crippen LogP contribution < -0.4 is 4.74 Å². The normalized spacial score (nSPS) is 12.7. The molecule has 0 radical (unpaired) electrons. The molecule has 5 heteroatoms. The lowest BCUT2D eigenvalue weighted by molar-refractivity contribution is -0.157. The quantitative estimate of drug-likeness (QED) is 0.106. The van der Waals surface area contributed by atoms with Gasteiger partial charge in [-0.25, -0.2) is 4.79 Å². The van der Waals surface area contributed by atoms with Crippen molar-refractivity contribution in [2.75, 3.05) is 13.7 Å². The second kappa shape index (κ2) is 14.3. The van der Waals surface area contributed by atoms with Crippen molar-refractivity contribution in [3.05, 3.63) is 114 Å². The van der Waals surface area contributed by atoms with E-state index in [1.807, 2.05) is 112 Å². The summed E-state index contributed by atoms with van der Waals surface area (Å²) in [7, 11) is 1.65. The average Bonchev–Trinajstić information content (AvgIpc) is 2.92. The van der Waals surface area contributed by atoms with E-state index in [9.17, 15) is 4.79 Å². The Morgan fingerprint density at radius 3 is 2.00 bits per heavy atom. The predicted molar refractivity (Wildman–Crippen MR) is 154 cm³/mol. The monoisotopic (exact) mass is 513 g/mol. The lowest BCUT2D eigenvalue weighted by atomic mass is 9.93. The van der Waals surface area contributed by atoms with Crippen LogP contribution >= 0.6 is 0 Å². The Hall–Kier alpha value is -3.70. The number of hydrogen-bond acceptors (Lipinski definition) is 5. The minimum absolute atomic E-state index is 0.211. The molecule has 2 atom stereocenters. The van der Waals surface area contributed by atoms with E-state index < -0.39 is 11.6 Å². The summed E-state index contributed by atoms with van der Waals surface area (Å²) in [5.41, 5.74) is 3.09. The Morgan fingerprint density at radius 2 is 1.50 bits per heavy atom. The van der Waals surface area contributed by atoms with Crippen LogP contribution in [-0.2, 0) is 20.9 Å². The van der Waals surface area contributed by atoms with Crippen LogP contribution in [-0.4, -0.2) is 37.0 Å². The molecule has 0 spiro atoms. The zero-order chi connectivity index (χ0) is 27.4. The third kappa shape index (κ3) is 9.00. The van der Waals surface area contributed by atoms with Gasteiger partial charge in [-0.1, -0.05) is 78.9 Å². The molecule has 3 aromatic rings. The van der Waals surface area contributed by atoms with Crippen LogP contribution in [0.25, 0.3) is 0 Å². The topological polar surface area (TPSA) is 57.1 Å². The molecule has 0 aliphatic heterocycles. The van der Waals surface area contributed by atoms with E-state index in [0.29, 0.717) is 19.6 Å². The Morgan fingerprint density at radius 1 is 0.921 bits per heavy atom. The van der Waals surface area contributed by atoms with Crippen molar-refractivity contribution >= 4 is 11.7 Å². The molecule has 0 fully saturated rings. The fraction of sp³-hybridized carbons (Fsp3) is 0.333. The second-order valence-corrected chi connectivity index (χ2v) is 10.1. The van der Waals surface area contributed by atoms with Gasteiger partial charge in [0.2, 0.25) is 0 Å². The molecule has 0 aliphatic rings. The number of nitrogens with zero attached hydrogens (tertiary/aromatic N) is 1. The maximum Gasteiger partial charge on any atom is 0.332 e. The van der Waals surface area contributed by atoms with Crippen molar-refractivity contribution in [3.8, 4) is 5.75 Å². The van der Waals surface area contributed by atoms with E-state index in [1.165, 1.54) is 0 Å². The van der Waals surface area contributed by atoms with Gasteiger partial charge in [-0.15, -0.1) is 6.58 Å². The minimum atomic E-state index is -0.733. The number of hydrogen-bond donors (Lipinski definition) is 0. The first-order chi connectivity index (χ1) is 18.3. The van der Waals surface area contributed by atoms with E-state index >= 15 is 0 Å². The summed E-state index contributed by atoms with van der Waals surface area (Å²) in [6.07, 6.45) is 3.26. The molecule has 0 saturated carbocycles. The number of aliphatic imine (C=N–C) groups is 1. The van der Waals surface area contributed by atoms with E-state index in [4.69, 9.17) is 19.2 Å². The predicted octanol–water partition coefficient (Wildman–Crippen LogP) is 7.04. The van der Waals surface area contributed by atoms with Crippen LogP contribution in [0.15, 0.2) is 103 Å². The maximum absolute atomic E-state index is 13.5. The van der Waals surface area contributed by atoms with Gasteiger partial charge >= 0.3 is 5.97 Å². The van der Waals surface area contributed by atoms with Crippen LogP contribution in [0.5, 0.6) is 5.75 Å². The summed E-state index contributed by atoms with van der Waals surface area (Å²) in [6, 6.07) is 27.0. The smallest absolute Gasteiger partial charge is 0.332 e. The van der Waals surface area contributed by atoms with Crippen LogP contribution in [0.1, 0.15) is 50.3 Å². The third-order valence-corrected chi connectivity index (χ3v) is 5.97. The zero-order valence-corrected chi connectivity index (χ0v) is 22.9. The molecule has 0 bridgehead atoms. The minimum Gasteiger partial charge on any atom is -0.497 e. The molecular formula is C33H39NO4. The molecule has 0 heterocycles. The van der Waals surface area contributed by atoms with Crippen molar-refractivity contribution in [3.63, 3.8) is 0 Å². The first-order valence-electron chi connectivity index (χ1n) is 13.1. The van der Waals surface area contributed by atoms with E-state index in [-0.39, 0.29) is 11.9 Å². The van der Waals surface area contributed by atoms with Crippen LogP contribution in [0.4, 0.5) is 0 Å². The Labute approximate surface area is 227 Å². The molecule has 0 saturated heterocycles. The number of ether oxygens (including phenoxy) is 3. The van der Waals surface area contributed by atoms with Gasteiger partial charge in [-0.3, -0.25) is 4.99 Å². The number of carbonyl (C=O) groups excluding carboxylic acids is 1. The lowest BCUT2D eigenvalue weighted by Crippen LogP contribution is -2.36. The fourth-order valence-electron chi connectivity index (χ4n) is 4.07. The fourth-order valence-corrected chi connectivity index (χ4v) is 4.07. The van der Waals surface area contributed by atoms with Gasteiger partial charge in [0.15, 0.2) is 6.04 Å². The van der Waals surface area contributed by atoms with Gasteiger partial charge in [0.1, 0.15) is 11.4 Å². The van der Waals surface area contributed by atoms with Crippen LogP contribution in [0.3, 0.4) is 0 Å². The number of benzene rings is 3. The van der Waals surface area contributed by atoms with Gasteiger partial charge in [0.25, 0.3) is 0 Å². The number of carbonyl (C=O) groups is 1. The molecule has 5 nitrogen and oxygen atoms in total. The number of esters is 1. The summed E-state index contributed by atoms with van der Waals surface area (Å²) in [5.74, 6) is 0.254. The van der Waals surface area contributed by atoms with Crippen molar-refractivity contribution in [1.29, 1.82) is 0 Å². The van der Waals surface area contributed by atoms with Crippen molar-refractivity contribution < 1.29 is 19.0 Å². The summed E-state index contributed by atoms with van der Waals surface area (Å²) in [6.45, 7) is 10.7. The summed E-state index contributed by atoms with van der Waals surface area (Å²) >= 11 is 0. The molecule has 0 aromatic heterocycles. The second-order valence-electron chi connectivity index (χ2n) is 10.1. The van der Waals surface area contributed by atoms with Crippen LogP contribution in [0, 0.1) is 5.92 Å². The maximum atomic E-state index is 13.5. The third-order valence-electron chi connectivity index (χ3n) is 5.97. The van der Waals surface area contributed by atoms with Crippen molar-refractivity contribution in [2.24, 2.45) is 10.9 Å². The summed E-state index contributed by atoms with van der Waals surface area (Å²) in [4.78, 5) is 18.5. The largest absolute Gasteiger partial charge is 0.497 e. The van der Waals surface area contributed by atoms with Gasteiger partial charge in [-0.2, -0.15) is 0 Å². The Balaban J connectivity index is 1.79. The van der Waals surface area contributed by atoms with Gasteiger partial charge in [0.05, 0.1) is 19.4 Å². The summed E-state index contributed by atoms with van der Waals surface area (Å²) < 4.78 is 16.9. The highest BCUT2D eigenvalue weighted by Crippen LogP contribution is 2.23. The molecule has 0 amide bonds. The highest BCUT2D eigenvalue weighted by Gasteiger charge is 2.31. The first-order valence-corrected chi connectivity index (χ1v) is 13.1. The number of rotatable bonds is 13. The van der Waals surface area contributed by atoms with Gasteiger partial charge in [-0.05, 0) is 51.3 Å². The molecule has 3 rings (SSSR count). The van der Waals surface area contributed by atoms with Crippen LogP contribution in [0.2, 0.25) is 0 Å². The van der Waals surface area contributed by atoms with Gasteiger partial charge < -0.3 is 14.2 Å². The highest BCUT2D eigenvalue weighted by molar-refractivity contribution is 6.13. The molecule has 0 aliphatic carbocycles. The van der Waals surface area contributed by atoms with Crippen molar-refractivity contribution in [2.45, 2.75) is 51.9 Å². The standard InChI is InChI=1S/C33H39NO4/c1-6-26(18-13-23-37-24-25-19-21-29(36-5)22-20-25)31(32(35)38-33(2,3)4)34-30(27-14-9-7-10-15-27)28-16-11-8-12-17-28/h6-12,14-17,19-22,26,31H,1,13,18,23-24H2,2-5H3/t26-,31+/m1/s1. The highest BCUT2D eigenvalue weighted by atomic mass is 16.6. The Bertz CT molecular complexity index is 1120. The zero-order valence-electron chi connectivity index (χ0n) is 22.9.